The molecule has 2 rings (SSSR count). The lowest BCUT2D eigenvalue weighted by Crippen LogP contribution is -2.63. The quantitative estimate of drug-likeness (QED) is 0.766. The average Bonchev–Trinajstić information content (AvgIpc) is 2.33. The van der Waals surface area contributed by atoms with Gasteiger partial charge in [-0.15, -0.1) is 0 Å². The van der Waals surface area contributed by atoms with Crippen LogP contribution in [-0.4, -0.2) is 56.2 Å². The molecular formula is C18H36N2O3Si. The highest BCUT2D eigenvalue weighted by Gasteiger charge is 2.43. The van der Waals surface area contributed by atoms with Gasteiger partial charge in [0.2, 0.25) is 0 Å². The minimum atomic E-state index is -1.74. The van der Waals surface area contributed by atoms with Crippen molar-refractivity contribution in [1.29, 1.82) is 0 Å². The Kier molecular flexibility index (Phi) is 5.44. The highest BCUT2D eigenvalue weighted by atomic mass is 28.4. The summed E-state index contributed by atoms with van der Waals surface area (Å²) in [5.74, 6) is 0. The van der Waals surface area contributed by atoms with Crippen molar-refractivity contribution < 1.29 is 14.0 Å². The molecule has 1 N–H and O–H groups in total. The summed E-state index contributed by atoms with van der Waals surface area (Å²) in [5.41, 5.74) is -0.439. The van der Waals surface area contributed by atoms with E-state index in [4.69, 9.17) is 9.16 Å². The van der Waals surface area contributed by atoms with Crippen LogP contribution in [0.1, 0.15) is 54.4 Å². The van der Waals surface area contributed by atoms with E-state index in [9.17, 15) is 4.79 Å². The predicted molar refractivity (Wildman–Crippen MR) is 99.8 cm³/mol. The summed E-state index contributed by atoms with van der Waals surface area (Å²) in [5, 5.41) is 3.87. The topological polar surface area (TPSA) is 50.8 Å². The summed E-state index contributed by atoms with van der Waals surface area (Å²) < 4.78 is 12.1. The minimum absolute atomic E-state index is 0.192. The van der Waals surface area contributed by atoms with Crippen molar-refractivity contribution in [2.24, 2.45) is 0 Å². The Hall–Kier alpha value is -0.593. The van der Waals surface area contributed by atoms with Crippen LogP contribution in [0, 0.1) is 0 Å². The first-order valence-electron chi connectivity index (χ1n) is 9.19. The molecule has 0 aromatic carbocycles. The standard InChI is InChI=1S/C18H36N2O3Si/c1-17(2,3)22-16(21)20-11-13-9-15(10-14(12-20)19-13)23-24(7,8)18(4,5)6/h13-15,19H,9-12H2,1-8H3. The van der Waals surface area contributed by atoms with Gasteiger partial charge in [-0.05, 0) is 51.7 Å². The number of carbonyl (C=O) groups excluding carboxylic acids is 1. The number of fused-ring (bicyclic) bond motifs is 2. The maximum Gasteiger partial charge on any atom is 0.410 e. The number of piperazine rings is 1. The summed E-state index contributed by atoms with van der Waals surface area (Å²) in [4.78, 5) is 14.2. The fourth-order valence-electron chi connectivity index (χ4n) is 3.23. The fourth-order valence-corrected chi connectivity index (χ4v) is 4.61. The van der Waals surface area contributed by atoms with Crippen LogP contribution < -0.4 is 5.32 Å². The number of ether oxygens (including phenoxy) is 1. The minimum Gasteiger partial charge on any atom is -0.444 e. The molecule has 2 fully saturated rings. The maximum atomic E-state index is 12.3. The number of carbonyl (C=O) groups is 1. The Labute approximate surface area is 148 Å². The van der Waals surface area contributed by atoms with E-state index in [1.807, 2.05) is 25.7 Å². The Morgan fingerprint density at radius 1 is 1.04 bits per heavy atom. The maximum absolute atomic E-state index is 12.3. The first-order chi connectivity index (χ1) is 10.8. The van der Waals surface area contributed by atoms with Crippen molar-refractivity contribution in [3.05, 3.63) is 0 Å². The number of hydrogen-bond acceptors (Lipinski definition) is 4. The summed E-state index contributed by atoms with van der Waals surface area (Å²) >= 11 is 0. The smallest absolute Gasteiger partial charge is 0.410 e. The van der Waals surface area contributed by atoms with E-state index in [2.05, 4.69) is 39.2 Å². The van der Waals surface area contributed by atoms with Gasteiger partial charge >= 0.3 is 6.09 Å². The average molecular weight is 357 g/mol. The van der Waals surface area contributed by atoms with Crippen LogP contribution in [0.4, 0.5) is 4.79 Å². The number of amides is 1. The predicted octanol–water partition coefficient (Wildman–Crippen LogP) is 3.75. The van der Waals surface area contributed by atoms with Crippen molar-refractivity contribution in [3.8, 4) is 0 Å². The number of piperidine rings is 1. The Morgan fingerprint density at radius 2 is 1.54 bits per heavy atom. The number of rotatable bonds is 2. The van der Waals surface area contributed by atoms with E-state index >= 15 is 0 Å². The molecule has 140 valence electrons. The summed E-state index contributed by atoms with van der Waals surface area (Å²) in [6.45, 7) is 18.6. The number of nitrogens with one attached hydrogen (secondary N) is 1. The monoisotopic (exact) mass is 356 g/mol. The molecular weight excluding hydrogens is 320 g/mol. The Balaban J connectivity index is 1.94. The molecule has 2 unspecified atom stereocenters. The molecule has 1 amide bonds. The zero-order chi connectivity index (χ0) is 18.3. The third-order valence-corrected chi connectivity index (χ3v) is 9.90. The molecule has 2 bridgehead atoms. The molecule has 24 heavy (non-hydrogen) atoms. The molecule has 5 nitrogen and oxygen atoms in total. The molecule has 0 aromatic rings. The number of nitrogens with zero attached hydrogens (tertiary/aromatic N) is 1. The third-order valence-electron chi connectivity index (χ3n) is 5.37. The first kappa shape index (κ1) is 19.7. The van der Waals surface area contributed by atoms with Gasteiger partial charge in [0.05, 0.1) is 0 Å². The van der Waals surface area contributed by atoms with E-state index in [1.165, 1.54) is 0 Å². The SMILES string of the molecule is CC(C)(C)OC(=O)N1CC2CC(O[Si](C)(C)C(C)(C)C)CC(C1)N2. The van der Waals surface area contributed by atoms with Gasteiger partial charge in [0, 0.05) is 31.3 Å². The van der Waals surface area contributed by atoms with Crippen LogP contribution in [0.5, 0.6) is 0 Å². The van der Waals surface area contributed by atoms with E-state index in [0.717, 1.165) is 12.8 Å². The van der Waals surface area contributed by atoms with E-state index in [-0.39, 0.29) is 11.1 Å². The second-order valence-electron chi connectivity index (χ2n) is 9.92. The molecule has 0 saturated carbocycles. The van der Waals surface area contributed by atoms with Gasteiger partial charge in [0.1, 0.15) is 5.60 Å². The molecule has 0 spiro atoms. The van der Waals surface area contributed by atoms with Crippen LogP contribution in [0.15, 0.2) is 0 Å². The Bertz CT molecular complexity index is 454. The van der Waals surface area contributed by atoms with Crippen molar-refractivity contribution in [1.82, 2.24) is 10.2 Å². The lowest BCUT2D eigenvalue weighted by atomic mass is 9.92. The first-order valence-corrected chi connectivity index (χ1v) is 12.1. The summed E-state index contributed by atoms with van der Waals surface area (Å²) in [6, 6.07) is 0.611. The summed E-state index contributed by atoms with van der Waals surface area (Å²) in [6.07, 6.45) is 2.07. The molecule has 0 aliphatic carbocycles. The van der Waals surface area contributed by atoms with Gasteiger partial charge in [-0.1, -0.05) is 20.8 Å². The third kappa shape index (κ3) is 4.96. The van der Waals surface area contributed by atoms with Crippen molar-refractivity contribution in [2.75, 3.05) is 13.1 Å². The highest BCUT2D eigenvalue weighted by Crippen LogP contribution is 2.39. The number of hydrogen-bond donors (Lipinski definition) is 1. The van der Waals surface area contributed by atoms with Gasteiger partial charge in [0.15, 0.2) is 8.32 Å². The molecule has 2 aliphatic heterocycles. The second-order valence-corrected chi connectivity index (χ2v) is 14.7. The van der Waals surface area contributed by atoms with E-state index < -0.39 is 13.9 Å². The van der Waals surface area contributed by atoms with Gasteiger partial charge in [-0.2, -0.15) is 0 Å². The van der Waals surface area contributed by atoms with Crippen molar-refractivity contribution in [2.45, 2.75) is 96.3 Å². The highest BCUT2D eigenvalue weighted by molar-refractivity contribution is 6.74. The largest absolute Gasteiger partial charge is 0.444 e. The molecule has 2 saturated heterocycles. The van der Waals surface area contributed by atoms with Crippen LogP contribution in [0.3, 0.4) is 0 Å². The second kappa shape index (κ2) is 6.61. The normalized spacial score (nSPS) is 28.7. The van der Waals surface area contributed by atoms with Gasteiger partial charge < -0.3 is 19.4 Å². The number of likely N-dealkylation sites (tertiary alicyclic amines) is 1. The van der Waals surface area contributed by atoms with Gasteiger partial charge in [-0.25, -0.2) is 4.79 Å². The summed E-state index contributed by atoms with van der Waals surface area (Å²) in [7, 11) is -1.74. The van der Waals surface area contributed by atoms with Crippen molar-refractivity contribution in [3.63, 3.8) is 0 Å². The lowest BCUT2D eigenvalue weighted by molar-refractivity contribution is -0.000351. The zero-order valence-corrected chi connectivity index (χ0v) is 17.7. The van der Waals surface area contributed by atoms with Crippen LogP contribution in [0.25, 0.3) is 0 Å². The van der Waals surface area contributed by atoms with Crippen LogP contribution >= 0.6 is 0 Å². The molecule has 2 heterocycles. The molecule has 2 atom stereocenters. The van der Waals surface area contributed by atoms with Gasteiger partial charge in [-0.3, -0.25) is 0 Å². The van der Waals surface area contributed by atoms with Crippen LogP contribution in [-0.2, 0) is 9.16 Å². The molecule has 6 heteroatoms. The fraction of sp³-hybridized carbons (Fsp3) is 0.944. The zero-order valence-electron chi connectivity index (χ0n) is 16.7. The molecule has 2 aliphatic rings. The molecule has 0 radical (unpaired) electrons. The van der Waals surface area contributed by atoms with Crippen molar-refractivity contribution >= 4 is 14.4 Å². The Morgan fingerprint density at radius 3 is 1.96 bits per heavy atom. The van der Waals surface area contributed by atoms with Crippen LogP contribution in [0.2, 0.25) is 18.1 Å². The molecule has 0 aromatic heterocycles. The van der Waals surface area contributed by atoms with E-state index in [1.54, 1.807) is 0 Å². The van der Waals surface area contributed by atoms with Gasteiger partial charge in [0.25, 0.3) is 0 Å². The van der Waals surface area contributed by atoms with E-state index in [0.29, 0.717) is 31.3 Å². The lowest BCUT2D eigenvalue weighted by Gasteiger charge is -2.48.